The van der Waals surface area contributed by atoms with Crippen LogP contribution in [0.3, 0.4) is 0 Å². The number of carboxylic acids is 1. The molecular weight excluding hydrogens is 317 g/mol. The number of hydrogen-bond donors (Lipinski definition) is 2. The molecular formula is C13H13Cl2N3O3. The molecule has 0 saturated carbocycles. The molecule has 0 aromatic carbocycles. The largest absolute Gasteiger partial charge is 0.481 e. The van der Waals surface area contributed by atoms with Crippen molar-refractivity contribution in [3.8, 4) is 0 Å². The second-order valence-electron chi connectivity index (χ2n) is 4.49. The van der Waals surface area contributed by atoms with Gasteiger partial charge in [0.05, 0.1) is 22.2 Å². The Hall–Kier alpha value is -1.79. The van der Waals surface area contributed by atoms with Crippen LogP contribution in [0.2, 0.25) is 10.0 Å². The van der Waals surface area contributed by atoms with Crippen LogP contribution >= 0.6 is 23.2 Å². The first-order valence-corrected chi connectivity index (χ1v) is 7.02. The number of carbonyl (C=O) groups excluding carboxylic acids is 1. The highest BCUT2D eigenvalue weighted by molar-refractivity contribution is 6.36. The zero-order chi connectivity index (χ0) is 15.4. The van der Waals surface area contributed by atoms with Gasteiger partial charge in [0.15, 0.2) is 5.65 Å². The summed E-state index contributed by atoms with van der Waals surface area (Å²) in [5.41, 5.74) is 1.10. The van der Waals surface area contributed by atoms with E-state index in [0.29, 0.717) is 34.4 Å². The van der Waals surface area contributed by atoms with Crippen LogP contribution in [0, 0.1) is 0 Å². The van der Waals surface area contributed by atoms with Crippen LogP contribution in [-0.4, -0.2) is 32.9 Å². The number of nitrogens with one attached hydrogen (secondary N) is 1. The van der Waals surface area contributed by atoms with Gasteiger partial charge in [-0.25, -0.2) is 4.98 Å². The third-order valence-corrected chi connectivity index (χ3v) is 3.24. The minimum Gasteiger partial charge on any atom is -0.481 e. The number of fused-ring (bicyclic) bond motifs is 1. The van der Waals surface area contributed by atoms with E-state index >= 15 is 0 Å². The minimum atomic E-state index is -0.879. The fourth-order valence-corrected chi connectivity index (χ4v) is 2.38. The van der Waals surface area contributed by atoms with Gasteiger partial charge in [0.2, 0.25) is 5.91 Å². The van der Waals surface area contributed by atoms with Crippen LogP contribution < -0.4 is 5.32 Å². The summed E-state index contributed by atoms with van der Waals surface area (Å²) in [4.78, 5) is 26.3. The number of carboxylic acid groups (broad SMARTS) is 1. The van der Waals surface area contributed by atoms with E-state index in [1.54, 1.807) is 22.9 Å². The molecule has 0 radical (unpaired) electrons. The predicted molar refractivity (Wildman–Crippen MR) is 78.8 cm³/mol. The van der Waals surface area contributed by atoms with E-state index in [0.717, 1.165) is 0 Å². The molecule has 0 bridgehead atoms. The second-order valence-corrected chi connectivity index (χ2v) is 5.34. The van der Waals surface area contributed by atoms with E-state index in [9.17, 15) is 9.59 Å². The number of rotatable bonds is 6. The molecule has 0 aliphatic heterocycles. The molecule has 0 aliphatic carbocycles. The normalized spacial score (nSPS) is 10.8. The summed E-state index contributed by atoms with van der Waals surface area (Å²) in [7, 11) is 0. The number of amides is 1. The number of hydrogen-bond acceptors (Lipinski definition) is 3. The van der Waals surface area contributed by atoms with Gasteiger partial charge >= 0.3 is 5.97 Å². The molecule has 6 nitrogen and oxygen atoms in total. The van der Waals surface area contributed by atoms with Crippen molar-refractivity contribution in [2.24, 2.45) is 0 Å². The Morgan fingerprint density at radius 2 is 2.10 bits per heavy atom. The summed E-state index contributed by atoms with van der Waals surface area (Å²) in [5, 5.41) is 12.0. The highest BCUT2D eigenvalue weighted by Crippen LogP contribution is 2.21. The van der Waals surface area contributed by atoms with Crippen LogP contribution in [-0.2, 0) is 16.0 Å². The zero-order valence-corrected chi connectivity index (χ0v) is 12.5. The number of imidazole rings is 1. The number of halogens is 2. The van der Waals surface area contributed by atoms with Crippen LogP contribution in [0.15, 0.2) is 18.5 Å². The maximum absolute atomic E-state index is 11.7. The van der Waals surface area contributed by atoms with Gasteiger partial charge < -0.3 is 14.8 Å². The number of aromatic nitrogens is 2. The standard InChI is InChI=1S/C13H13Cl2N3O3/c14-8-4-10(15)13-17-9(7-18(13)6-8)5-11(19)16-3-1-2-12(20)21/h4,6-7H,1-3,5H2,(H,16,19)(H,20,21). The summed E-state index contributed by atoms with van der Waals surface area (Å²) in [6, 6.07) is 1.58. The second kappa shape index (κ2) is 6.78. The van der Waals surface area contributed by atoms with E-state index in [4.69, 9.17) is 28.3 Å². The predicted octanol–water partition coefficient (Wildman–Crippen LogP) is 2.16. The van der Waals surface area contributed by atoms with Crippen molar-refractivity contribution in [3.63, 3.8) is 0 Å². The molecule has 21 heavy (non-hydrogen) atoms. The molecule has 1 amide bonds. The highest BCUT2D eigenvalue weighted by atomic mass is 35.5. The van der Waals surface area contributed by atoms with E-state index in [2.05, 4.69) is 10.3 Å². The van der Waals surface area contributed by atoms with Crippen molar-refractivity contribution >= 4 is 40.7 Å². The molecule has 8 heteroatoms. The van der Waals surface area contributed by atoms with Gasteiger partial charge in [-0.05, 0) is 12.5 Å². The average molecular weight is 330 g/mol. The molecule has 2 rings (SSSR count). The minimum absolute atomic E-state index is 0.0305. The van der Waals surface area contributed by atoms with Crippen molar-refractivity contribution in [1.29, 1.82) is 0 Å². The lowest BCUT2D eigenvalue weighted by Crippen LogP contribution is -2.26. The molecule has 0 atom stereocenters. The van der Waals surface area contributed by atoms with Crippen molar-refractivity contribution in [2.45, 2.75) is 19.3 Å². The van der Waals surface area contributed by atoms with Gasteiger partial charge in [-0.3, -0.25) is 9.59 Å². The molecule has 2 aromatic heterocycles. The Bertz CT molecular complexity index is 685. The van der Waals surface area contributed by atoms with Gasteiger partial charge in [0.25, 0.3) is 0 Å². The Morgan fingerprint density at radius 3 is 2.81 bits per heavy atom. The first-order valence-electron chi connectivity index (χ1n) is 6.27. The molecule has 2 heterocycles. The summed E-state index contributed by atoms with van der Waals surface area (Å²) in [5.74, 6) is -1.10. The van der Waals surface area contributed by atoms with E-state index in [-0.39, 0.29) is 18.7 Å². The van der Waals surface area contributed by atoms with Crippen LogP contribution in [0.5, 0.6) is 0 Å². The van der Waals surface area contributed by atoms with Crippen molar-refractivity contribution in [3.05, 3.63) is 34.2 Å². The SMILES string of the molecule is O=C(O)CCCNC(=O)Cc1cn2cc(Cl)cc(Cl)c2n1. The number of pyridine rings is 1. The summed E-state index contributed by atoms with van der Waals surface area (Å²) in [6.07, 6.45) is 3.87. The van der Waals surface area contributed by atoms with E-state index < -0.39 is 5.97 Å². The summed E-state index contributed by atoms with van der Waals surface area (Å²) < 4.78 is 1.66. The third-order valence-electron chi connectivity index (χ3n) is 2.75. The molecule has 2 aromatic rings. The fraction of sp³-hybridized carbons (Fsp3) is 0.308. The molecule has 2 N–H and O–H groups in total. The summed E-state index contributed by atoms with van der Waals surface area (Å²) >= 11 is 11.9. The maximum atomic E-state index is 11.7. The zero-order valence-electron chi connectivity index (χ0n) is 11.0. The highest BCUT2D eigenvalue weighted by Gasteiger charge is 2.10. The van der Waals surface area contributed by atoms with Crippen LogP contribution in [0.1, 0.15) is 18.5 Å². The lowest BCUT2D eigenvalue weighted by Gasteiger charge is -2.01. The lowest BCUT2D eigenvalue weighted by atomic mass is 10.3. The Kier molecular flexibility index (Phi) is 5.03. The molecule has 0 unspecified atom stereocenters. The van der Waals surface area contributed by atoms with Crippen LogP contribution in [0.25, 0.3) is 5.65 Å². The Balaban J connectivity index is 1.95. The van der Waals surface area contributed by atoms with Crippen molar-refractivity contribution in [1.82, 2.24) is 14.7 Å². The Morgan fingerprint density at radius 1 is 1.33 bits per heavy atom. The van der Waals surface area contributed by atoms with Crippen molar-refractivity contribution in [2.75, 3.05) is 6.54 Å². The average Bonchev–Trinajstić information content (AvgIpc) is 2.77. The van der Waals surface area contributed by atoms with Gasteiger partial charge in [0.1, 0.15) is 0 Å². The number of aliphatic carboxylic acids is 1. The molecule has 0 saturated heterocycles. The molecule has 112 valence electrons. The van der Waals surface area contributed by atoms with Gasteiger partial charge in [0, 0.05) is 25.4 Å². The third kappa shape index (κ3) is 4.34. The molecule has 0 aliphatic rings. The number of carbonyl (C=O) groups is 2. The maximum Gasteiger partial charge on any atom is 0.303 e. The topological polar surface area (TPSA) is 83.7 Å². The first kappa shape index (κ1) is 15.6. The number of nitrogens with zero attached hydrogens (tertiary/aromatic N) is 2. The monoisotopic (exact) mass is 329 g/mol. The van der Waals surface area contributed by atoms with Gasteiger partial charge in [-0.1, -0.05) is 23.2 Å². The molecule has 0 spiro atoms. The smallest absolute Gasteiger partial charge is 0.303 e. The van der Waals surface area contributed by atoms with Gasteiger partial charge in [-0.15, -0.1) is 0 Å². The quantitative estimate of drug-likeness (QED) is 0.795. The summed E-state index contributed by atoms with van der Waals surface area (Å²) in [6.45, 7) is 0.324. The fourth-order valence-electron chi connectivity index (χ4n) is 1.85. The lowest BCUT2D eigenvalue weighted by molar-refractivity contribution is -0.137. The van der Waals surface area contributed by atoms with E-state index in [1.807, 2.05) is 0 Å². The Labute approximate surface area is 130 Å². The van der Waals surface area contributed by atoms with Crippen LogP contribution in [0.4, 0.5) is 0 Å². The van der Waals surface area contributed by atoms with Gasteiger partial charge in [-0.2, -0.15) is 0 Å². The molecule has 0 fully saturated rings. The van der Waals surface area contributed by atoms with Crippen molar-refractivity contribution < 1.29 is 14.7 Å². The first-order chi connectivity index (χ1) is 9.95. The van der Waals surface area contributed by atoms with E-state index in [1.165, 1.54) is 0 Å².